The summed E-state index contributed by atoms with van der Waals surface area (Å²) in [6, 6.07) is 0. The lowest BCUT2D eigenvalue weighted by Gasteiger charge is -2.26. The first-order valence-electron chi connectivity index (χ1n) is 6.52. The van der Waals surface area contributed by atoms with Crippen molar-refractivity contribution >= 4 is 10.1 Å². The molecular weight excluding hydrogens is 416 g/mol. The van der Waals surface area contributed by atoms with Crippen LogP contribution >= 0.6 is 0 Å². The van der Waals surface area contributed by atoms with E-state index in [9.17, 15) is 52.3 Å². The molecular formula is C11H17F10NO3S. The van der Waals surface area contributed by atoms with Crippen molar-refractivity contribution in [2.75, 3.05) is 12.4 Å². The fourth-order valence-electron chi connectivity index (χ4n) is 1.66. The molecule has 0 amide bonds. The molecule has 4 N–H and O–H groups in total. The molecule has 0 aromatic carbocycles. The van der Waals surface area contributed by atoms with Gasteiger partial charge in [-0.05, 0) is 0 Å². The molecule has 9 atom stereocenters. The minimum absolute atomic E-state index is 0. The molecule has 160 valence electrons. The smallest absolute Gasteiger partial charge is 0.267 e. The molecule has 0 aromatic heterocycles. The molecule has 0 heterocycles. The Morgan fingerprint density at radius 2 is 0.885 bits per heavy atom. The third kappa shape index (κ3) is 7.82. The Hall–Kier alpha value is -0.830. The topological polar surface area (TPSA) is 89.4 Å². The lowest BCUT2D eigenvalue weighted by atomic mass is 9.97. The van der Waals surface area contributed by atoms with Crippen LogP contribution in [0, 0.1) is 0 Å². The Balaban J connectivity index is 0. The minimum atomic E-state index is -5.16. The number of rotatable bonds is 11. The standard InChI is InChI=1S/C11H14F10O3S.H3N/c12-1-3(13)5(15)7(17)9(19)11(21)10(20)8(18)6(16)4(14)2-25(22,23)24;/h3-11H,1-2H2,(H,22,23,24);1H3. The van der Waals surface area contributed by atoms with Gasteiger partial charge in [0.15, 0.2) is 55.5 Å². The largest absolute Gasteiger partial charge is 0.344 e. The molecule has 0 aliphatic rings. The Labute approximate surface area is 142 Å². The number of alkyl halides is 10. The Kier molecular flexibility index (Phi) is 11.7. The monoisotopic (exact) mass is 433 g/mol. The third-order valence-corrected chi connectivity index (χ3v) is 3.77. The zero-order chi connectivity index (χ0) is 20.1. The first kappa shape index (κ1) is 27.4. The van der Waals surface area contributed by atoms with Gasteiger partial charge in [-0.1, -0.05) is 0 Å². The lowest BCUT2D eigenvalue weighted by Crippen LogP contribution is -2.48. The summed E-state index contributed by atoms with van der Waals surface area (Å²) < 4.78 is 159. The molecule has 0 aliphatic carbocycles. The maximum Gasteiger partial charge on any atom is 0.267 e. The Morgan fingerprint density at radius 3 is 1.15 bits per heavy atom. The van der Waals surface area contributed by atoms with Crippen LogP contribution in [-0.4, -0.2) is 80.9 Å². The van der Waals surface area contributed by atoms with E-state index in [1.54, 1.807) is 0 Å². The van der Waals surface area contributed by atoms with E-state index in [0.717, 1.165) is 0 Å². The molecule has 0 spiro atoms. The highest BCUT2D eigenvalue weighted by molar-refractivity contribution is 7.85. The molecule has 0 rings (SSSR count). The van der Waals surface area contributed by atoms with E-state index in [-0.39, 0.29) is 6.15 Å². The van der Waals surface area contributed by atoms with E-state index in [1.807, 2.05) is 0 Å². The molecule has 9 unspecified atom stereocenters. The van der Waals surface area contributed by atoms with Gasteiger partial charge < -0.3 is 6.15 Å². The minimum Gasteiger partial charge on any atom is -0.344 e. The zero-order valence-electron chi connectivity index (χ0n) is 12.8. The van der Waals surface area contributed by atoms with Crippen molar-refractivity contribution < 1.29 is 56.9 Å². The van der Waals surface area contributed by atoms with Gasteiger partial charge in [0, 0.05) is 0 Å². The molecule has 4 nitrogen and oxygen atoms in total. The molecule has 0 aliphatic heterocycles. The fourth-order valence-corrected chi connectivity index (χ4v) is 2.24. The third-order valence-electron chi connectivity index (χ3n) is 3.03. The van der Waals surface area contributed by atoms with Gasteiger partial charge in [-0.25, -0.2) is 43.9 Å². The van der Waals surface area contributed by atoms with E-state index in [4.69, 9.17) is 4.55 Å². The summed E-state index contributed by atoms with van der Waals surface area (Å²) in [7, 11) is -5.16. The molecule has 0 saturated heterocycles. The number of hydrogen-bond donors (Lipinski definition) is 2. The van der Waals surface area contributed by atoms with Crippen molar-refractivity contribution in [1.29, 1.82) is 0 Å². The number of hydrogen-bond acceptors (Lipinski definition) is 3. The second kappa shape index (κ2) is 11.1. The average molecular weight is 433 g/mol. The Morgan fingerprint density at radius 1 is 0.615 bits per heavy atom. The van der Waals surface area contributed by atoms with Crippen molar-refractivity contribution in [2.24, 2.45) is 0 Å². The van der Waals surface area contributed by atoms with Gasteiger partial charge in [0.1, 0.15) is 12.4 Å². The molecule has 0 saturated carbocycles. The van der Waals surface area contributed by atoms with Gasteiger partial charge in [-0.15, -0.1) is 0 Å². The summed E-state index contributed by atoms with van der Waals surface area (Å²) in [5.74, 6) is -2.03. The summed E-state index contributed by atoms with van der Waals surface area (Å²) in [6.07, 6.45) is -33.3. The average Bonchev–Trinajstić information content (AvgIpc) is 2.54. The van der Waals surface area contributed by atoms with Gasteiger partial charge in [0.05, 0.1) is 0 Å². The van der Waals surface area contributed by atoms with Crippen LogP contribution in [-0.2, 0) is 10.1 Å². The summed E-state index contributed by atoms with van der Waals surface area (Å²) in [5, 5.41) is 0. The van der Waals surface area contributed by atoms with Gasteiger partial charge in [0.25, 0.3) is 10.1 Å². The van der Waals surface area contributed by atoms with E-state index < -0.39 is 78.1 Å². The molecule has 26 heavy (non-hydrogen) atoms. The van der Waals surface area contributed by atoms with Gasteiger partial charge in [-0.2, -0.15) is 8.42 Å². The van der Waals surface area contributed by atoms with E-state index in [2.05, 4.69) is 0 Å². The van der Waals surface area contributed by atoms with E-state index in [1.165, 1.54) is 0 Å². The highest BCUT2D eigenvalue weighted by Gasteiger charge is 2.48. The number of halogens is 10. The van der Waals surface area contributed by atoms with Crippen LogP contribution in [0.2, 0.25) is 0 Å². The fraction of sp³-hybridized carbons (Fsp3) is 1.00. The summed E-state index contributed by atoms with van der Waals surface area (Å²) in [4.78, 5) is 0. The van der Waals surface area contributed by atoms with Crippen LogP contribution in [0.3, 0.4) is 0 Å². The second-order valence-electron chi connectivity index (χ2n) is 5.05. The quantitative estimate of drug-likeness (QED) is 0.387. The predicted molar refractivity (Wildman–Crippen MR) is 71.5 cm³/mol. The first-order chi connectivity index (χ1) is 11.2. The molecule has 0 fully saturated rings. The second-order valence-corrected chi connectivity index (χ2v) is 6.54. The highest BCUT2D eigenvalue weighted by atomic mass is 32.2. The maximum atomic E-state index is 13.3. The summed E-state index contributed by atoms with van der Waals surface area (Å²) in [6.45, 7) is -2.12. The summed E-state index contributed by atoms with van der Waals surface area (Å²) >= 11 is 0. The van der Waals surface area contributed by atoms with E-state index >= 15 is 0 Å². The molecule has 0 bridgehead atoms. The SMILES string of the molecule is N.O=S(=O)(O)CC(F)C(F)C(F)C(F)C(F)C(F)C(F)C(F)C(F)CF. The van der Waals surface area contributed by atoms with Crippen molar-refractivity contribution in [1.82, 2.24) is 6.15 Å². The highest BCUT2D eigenvalue weighted by Crippen LogP contribution is 2.28. The van der Waals surface area contributed by atoms with Gasteiger partial charge >= 0.3 is 0 Å². The van der Waals surface area contributed by atoms with Crippen molar-refractivity contribution in [3.63, 3.8) is 0 Å². The van der Waals surface area contributed by atoms with E-state index in [0.29, 0.717) is 0 Å². The van der Waals surface area contributed by atoms with Crippen molar-refractivity contribution in [3.05, 3.63) is 0 Å². The van der Waals surface area contributed by atoms with Crippen LogP contribution in [0.15, 0.2) is 0 Å². The van der Waals surface area contributed by atoms with Gasteiger partial charge in [-0.3, -0.25) is 4.55 Å². The van der Waals surface area contributed by atoms with Crippen LogP contribution in [0.4, 0.5) is 43.9 Å². The first-order valence-corrected chi connectivity index (χ1v) is 8.13. The molecule has 0 aromatic rings. The predicted octanol–water partition coefficient (Wildman–Crippen LogP) is 3.05. The molecule has 15 heteroatoms. The van der Waals surface area contributed by atoms with Gasteiger partial charge in [0.2, 0.25) is 0 Å². The lowest BCUT2D eigenvalue weighted by molar-refractivity contribution is -0.0542. The van der Waals surface area contributed by atoms with Crippen LogP contribution < -0.4 is 6.15 Å². The molecule has 0 radical (unpaired) electrons. The normalized spacial score (nSPS) is 22.9. The van der Waals surface area contributed by atoms with Crippen LogP contribution in [0.5, 0.6) is 0 Å². The summed E-state index contributed by atoms with van der Waals surface area (Å²) in [5.41, 5.74) is 0. The van der Waals surface area contributed by atoms with Crippen molar-refractivity contribution in [3.8, 4) is 0 Å². The zero-order valence-corrected chi connectivity index (χ0v) is 13.6. The Bertz CT molecular complexity index is 501. The van der Waals surface area contributed by atoms with Crippen molar-refractivity contribution in [2.45, 2.75) is 55.5 Å². The maximum absolute atomic E-state index is 13.3. The van der Waals surface area contributed by atoms with Crippen LogP contribution in [0.1, 0.15) is 0 Å². The van der Waals surface area contributed by atoms with Crippen LogP contribution in [0.25, 0.3) is 0 Å².